The summed E-state index contributed by atoms with van der Waals surface area (Å²) in [5.74, 6) is 3.38. The number of ether oxygens (including phenoxy) is 4. The monoisotopic (exact) mass is 884 g/mol. The molecule has 66 heavy (non-hydrogen) atoms. The van der Waals surface area contributed by atoms with E-state index in [4.69, 9.17) is 27.8 Å². The van der Waals surface area contributed by atoms with Crippen molar-refractivity contribution in [1.82, 2.24) is 0 Å². The number of hydrogen-bond acceptors (Lipinski definition) is 10. The third-order valence-corrected chi connectivity index (χ3v) is 11.4. The summed E-state index contributed by atoms with van der Waals surface area (Å²) in [6.07, 6.45) is 5.01. The summed E-state index contributed by atoms with van der Waals surface area (Å²) >= 11 is 0. The summed E-state index contributed by atoms with van der Waals surface area (Å²) in [5.41, 5.74) is 5.19. The molecule has 0 saturated carbocycles. The highest BCUT2D eigenvalue weighted by Crippen LogP contribution is 2.35. The van der Waals surface area contributed by atoms with Gasteiger partial charge in [0.15, 0.2) is 23.1 Å². The Bertz CT molecular complexity index is 2970. The molecule has 0 aliphatic heterocycles. The minimum atomic E-state index is -0.171. The van der Waals surface area contributed by atoms with E-state index in [1.54, 1.807) is 162 Å². The number of methoxy groups -OCH3 is 4. The molecular weight excluding hydrogens is 833 g/mol. The molecule has 336 valence electrons. The van der Waals surface area contributed by atoms with Crippen LogP contribution in [0.5, 0.6) is 23.0 Å². The minimum Gasteiger partial charge on any atom is -0.497 e. The van der Waals surface area contributed by atoms with Gasteiger partial charge < -0.3 is 27.8 Å². The van der Waals surface area contributed by atoms with Gasteiger partial charge in [0.1, 0.15) is 45.7 Å². The number of fused-ring (bicyclic) bond motifs is 2. The Morgan fingerprint density at radius 2 is 0.818 bits per heavy atom. The molecule has 0 aliphatic carbocycles. The third kappa shape index (κ3) is 9.98. The largest absolute Gasteiger partial charge is 0.497 e. The Labute approximate surface area is 384 Å². The predicted molar refractivity (Wildman–Crippen MR) is 255 cm³/mol. The SMILES string of the molecule is CCCCc1oc2ccc(C(=O)c3ccc(OC)cc3)cc2c1C(=O)c1ccc(OC)cc1.CCCCc1oc2cccc(C(=O)c3ccc(OC)cc3)c2c1C(=O)c1ccc(OC)cc1. The molecule has 10 nitrogen and oxygen atoms in total. The van der Waals surface area contributed by atoms with Crippen molar-refractivity contribution in [3.63, 3.8) is 0 Å². The standard InChI is InChI=1S/2C28H26O5/c1-4-5-8-24-26(28(30)19-12-16-21(32-3)17-13-19)25-22(7-6-9-23(25)33-24)27(29)18-10-14-20(31-2)15-11-18;1-4-5-6-25-26(28(30)19-9-14-22(32-3)15-10-19)23-17-20(11-16-24(23)33-25)27(29)18-7-12-21(31-2)13-8-18/h6-7,9-17H,4-5,8H2,1-3H3;7-17H,4-6H2,1-3H3. The van der Waals surface area contributed by atoms with E-state index < -0.39 is 0 Å². The number of hydrogen-bond donors (Lipinski definition) is 0. The van der Waals surface area contributed by atoms with Gasteiger partial charge in [-0.2, -0.15) is 0 Å². The van der Waals surface area contributed by atoms with E-state index in [1.807, 2.05) is 0 Å². The van der Waals surface area contributed by atoms with Crippen LogP contribution in [0.1, 0.15) is 115 Å². The fraction of sp³-hybridized carbons (Fsp3) is 0.214. The van der Waals surface area contributed by atoms with Gasteiger partial charge >= 0.3 is 0 Å². The first-order chi connectivity index (χ1) is 32.1. The Morgan fingerprint density at radius 1 is 0.424 bits per heavy atom. The zero-order valence-corrected chi connectivity index (χ0v) is 38.0. The van der Waals surface area contributed by atoms with Crippen molar-refractivity contribution in [2.24, 2.45) is 0 Å². The van der Waals surface area contributed by atoms with E-state index in [-0.39, 0.29) is 23.1 Å². The number of rotatable bonds is 18. The molecule has 0 saturated heterocycles. The quantitative estimate of drug-likeness (QED) is 0.0767. The first kappa shape index (κ1) is 46.3. The highest BCUT2D eigenvalue weighted by Gasteiger charge is 2.27. The average Bonchev–Trinajstić information content (AvgIpc) is 3.94. The zero-order chi connectivity index (χ0) is 46.7. The molecule has 0 atom stereocenters. The van der Waals surface area contributed by atoms with Crippen LogP contribution in [0.25, 0.3) is 21.9 Å². The highest BCUT2D eigenvalue weighted by atomic mass is 16.5. The van der Waals surface area contributed by atoms with Crippen molar-refractivity contribution in [2.45, 2.75) is 52.4 Å². The van der Waals surface area contributed by atoms with Crippen LogP contribution in [0, 0.1) is 0 Å². The highest BCUT2D eigenvalue weighted by molar-refractivity contribution is 6.24. The lowest BCUT2D eigenvalue weighted by Gasteiger charge is -2.08. The summed E-state index contributed by atoms with van der Waals surface area (Å²) in [7, 11) is 6.34. The molecule has 8 aromatic rings. The van der Waals surface area contributed by atoms with Gasteiger partial charge in [-0.3, -0.25) is 19.2 Å². The van der Waals surface area contributed by atoms with Gasteiger partial charge in [0, 0.05) is 57.0 Å². The maximum atomic E-state index is 13.7. The predicted octanol–water partition coefficient (Wildman–Crippen LogP) is 12.5. The van der Waals surface area contributed by atoms with E-state index in [9.17, 15) is 19.2 Å². The van der Waals surface area contributed by atoms with Crippen LogP contribution in [0.4, 0.5) is 0 Å². The molecule has 0 amide bonds. The molecule has 0 fully saturated rings. The van der Waals surface area contributed by atoms with Gasteiger partial charge in [0.2, 0.25) is 0 Å². The van der Waals surface area contributed by atoms with Crippen LogP contribution in [-0.4, -0.2) is 51.6 Å². The maximum absolute atomic E-state index is 13.7. The van der Waals surface area contributed by atoms with Gasteiger partial charge in [-0.25, -0.2) is 0 Å². The number of benzene rings is 6. The topological polar surface area (TPSA) is 131 Å². The van der Waals surface area contributed by atoms with Gasteiger partial charge in [0.05, 0.1) is 39.6 Å². The first-order valence-corrected chi connectivity index (χ1v) is 22.0. The average molecular weight is 885 g/mol. The van der Waals surface area contributed by atoms with E-state index in [0.717, 1.165) is 25.7 Å². The fourth-order valence-corrected chi connectivity index (χ4v) is 7.77. The lowest BCUT2D eigenvalue weighted by molar-refractivity contribution is 0.102. The molecule has 0 unspecified atom stereocenters. The summed E-state index contributed by atoms with van der Waals surface area (Å²) < 4.78 is 33.0. The summed E-state index contributed by atoms with van der Waals surface area (Å²) in [5, 5.41) is 1.21. The van der Waals surface area contributed by atoms with Crippen LogP contribution in [0.3, 0.4) is 0 Å². The molecule has 10 heteroatoms. The molecule has 0 aliphatic rings. The molecule has 0 radical (unpaired) electrons. The number of unbranched alkanes of at least 4 members (excludes halogenated alkanes) is 2. The van der Waals surface area contributed by atoms with E-state index in [0.29, 0.717) is 114 Å². The molecule has 8 rings (SSSR count). The normalized spacial score (nSPS) is 10.9. The van der Waals surface area contributed by atoms with Crippen LogP contribution < -0.4 is 18.9 Å². The Morgan fingerprint density at radius 3 is 1.27 bits per heavy atom. The van der Waals surface area contributed by atoms with Gasteiger partial charge in [-0.05, 0) is 134 Å². The van der Waals surface area contributed by atoms with Crippen molar-refractivity contribution in [2.75, 3.05) is 28.4 Å². The second-order valence-electron chi connectivity index (χ2n) is 15.6. The maximum Gasteiger partial charge on any atom is 0.197 e. The minimum absolute atomic E-state index is 0.126. The Balaban J connectivity index is 0.000000196. The zero-order valence-electron chi connectivity index (χ0n) is 38.0. The number of carbonyl (C=O) groups excluding carboxylic acids is 4. The molecule has 0 bridgehead atoms. The van der Waals surface area contributed by atoms with E-state index in [1.165, 1.54) is 0 Å². The van der Waals surface area contributed by atoms with Crippen LogP contribution in [0.15, 0.2) is 142 Å². The summed E-state index contributed by atoms with van der Waals surface area (Å²) in [6, 6.07) is 38.5. The summed E-state index contributed by atoms with van der Waals surface area (Å²) in [6.45, 7) is 4.19. The number of furan rings is 2. The molecule has 0 N–H and O–H groups in total. The number of aryl methyl sites for hydroxylation is 2. The Hall–Kier alpha value is -7.72. The van der Waals surface area contributed by atoms with Crippen LogP contribution in [0.2, 0.25) is 0 Å². The third-order valence-electron chi connectivity index (χ3n) is 11.4. The molecular formula is C56H52O10. The van der Waals surface area contributed by atoms with Gasteiger partial charge in [0.25, 0.3) is 0 Å². The molecule has 2 heterocycles. The van der Waals surface area contributed by atoms with E-state index in [2.05, 4.69) is 13.8 Å². The number of ketones is 4. The van der Waals surface area contributed by atoms with E-state index >= 15 is 0 Å². The van der Waals surface area contributed by atoms with Crippen molar-refractivity contribution in [1.29, 1.82) is 0 Å². The smallest absolute Gasteiger partial charge is 0.197 e. The van der Waals surface area contributed by atoms with Crippen molar-refractivity contribution >= 4 is 45.1 Å². The van der Waals surface area contributed by atoms with Crippen molar-refractivity contribution in [3.05, 3.63) is 189 Å². The Kier molecular flexibility index (Phi) is 14.9. The lowest BCUT2D eigenvalue weighted by Crippen LogP contribution is -2.07. The van der Waals surface area contributed by atoms with Gasteiger partial charge in [-0.15, -0.1) is 0 Å². The molecule has 2 aromatic heterocycles. The summed E-state index contributed by atoms with van der Waals surface area (Å²) in [4.78, 5) is 53.8. The van der Waals surface area contributed by atoms with Crippen molar-refractivity contribution in [3.8, 4) is 23.0 Å². The van der Waals surface area contributed by atoms with Gasteiger partial charge in [-0.1, -0.05) is 38.8 Å². The first-order valence-electron chi connectivity index (χ1n) is 22.0. The lowest BCUT2D eigenvalue weighted by atomic mass is 9.93. The fourth-order valence-electron chi connectivity index (χ4n) is 7.77. The van der Waals surface area contributed by atoms with Crippen LogP contribution in [-0.2, 0) is 12.8 Å². The second-order valence-corrected chi connectivity index (χ2v) is 15.6. The second kappa shape index (κ2) is 21.3. The number of carbonyl (C=O) groups is 4. The van der Waals surface area contributed by atoms with Crippen molar-refractivity contribution < 1.29 is 47.0 Å². The molecule has 0 spiro atoms. The van der Waals surface area contributed by atoms with Crippen LogP contribution >= 0.6 is 0 Å². The molecule has 6 aromatic carbocycles.